The van der Waals surface area contributed by atoms with Crippen LogP contribution in [0.3, 0.4) is 0 Å². The number of hydrogen-bond donors (Lipinski definition) is 2. The lowest BCUT2D eigenvalue weighted by molar-refractivity contribution is 0.0928. The smallest absolute Gasteiger partial charge is 0.287 e. The Hall–Kier alpha value is -1.81. The van der Waals surface area contributed by atoms with Crippen LogP contribution in [0.25, 0.3) is 11.0 Å². The highest BCUT2D eigenvalue weighted by Crippen LogP contribution is 2.20. The molecule has 1 amide bonds. The maximum absolute atomic E-state index is 11.8. The van der Waals surface area contributed by atoms with Crippen LogP contribution < -0.4 is 10.6 Å². The molecule has 0 bridgehead atoms. The molecule has 1 heterocycles. The van der Waals surface area contributed by atoms with Crippen molar-refractivity contribution in [2.24, 2.45) is 0 Å². The van der Waals surface area contributed by atoms with E-state index in [1.165, 1.54) is 0 Å². The van der Waals surface area contributed by atoms with E-state index in [2.05, 4.69) is 10.6 Å². The van der Waals surface area contributed by atoms with Crippen molar-refractivity contribution in [3.05, 3.63) is 35.6 Å². The summed E-state index contributed by atoms with van der Waals surface area (Å²) in [5, 5.41) is 6.84. The highest BCUT2D eigenvalue weighted by atomic mass is 16.3. The molecule has 0 aliphatic carbocycles. The van der Waals surface area contributed by atoms with Gasteiger partial charge in [0.05, 0.1) is 0 Å². The summed E-state index contributed by atoms with van der Waals surface area (Å²) in [4.78, 5) is 11.8. The van der Waals surface area contributed by atoms with Crippen LogP contribution in [-0.2, 0) is 0 Å². The number of hydrogen-bond acceptors (Lipinski definition) is 3. The molecule has 0 aliphatic heterocycles. The van der Waals surface area contributed by atoms with Gasteiger partial charge in [-0.05, 0) is 45.1 Å². The number of carbonyl (C=O) groups excluding carboxylic acids is 1. The summed E-state index contributed by atoms with van der Waals surface area (Å²) in [5.41, 5.74) is 1.91. The third-order valence-electron chi connectivity index (χ3n) is 2.78. The Morgan fingerprint density at radius 1 is 1.28 bits per heavy atom. The maximum Gasteiger partial charge on any atom is 0.287 e. The summed E-state index contributed by atoms with van der Waals surface area (Å²) in [6.45, 7) is 3.55. The first-order chi connectivity index (χ1) is 8.70. The quantitative estimate of drug-likeness (QED) is 0.794. The van der Waals surface area contributed by atoms with Gasteiger partial charge in [-0.15, -0.1) is 0 Å². The third kappa shape index (κ3) is 2.90. The van der Waals surface area contributed by atoms with Crippen LogP contribution in [0.5, 0.6) is 0 Å². The number of aryl methyl sites for hydroxylation is 1. The molecule has 0 fully saturated rings. The lowest BCUT2D eigenvalue weighted by Gasteiger charge is -2.01. The van der Waals surface area contributed by atoms with Gasteiger partial charge in [-0.1, -0.05) is 11.6 Å². The Kier molecular flexibility index (Phi) is 3.99. The molecule has 0 atom stereocenters. The van der Waals surface area contributed by atoms with Crippen molar-refractivity contribution in [2.45, 2.75) is 13.3 Å². The van der Waals surface area contributed by atoms with Gasteiger partial charge in [0.25, 0.3) is 5.91 Å². The van der Waals surface area contributed by atoms with Crippen LogP contribution in [-0.4, -0.2) is 26.0 Å². The fourth-order valence-electron chi connectivity index (χ4n) is 1.83. The topological polar surface area (TPSA) is 54.3 Å². The van der Waals surface area contributed by atoms with E-state index < -0.39 is 0 Å². The van der Waals surface area contributed by atoms with Gasteiger partial charge < -0.3 is 15.1 Å². The van der Waals surface area contributed by atoms with Crippen molar-refractivity contribution in [3.63, 3.8) is 0 Å². The molecule has 1 aromatic heterocycles. The van der Waals surface area contributed by atoms with Gasteiger partial charge in [-0.3, -0.25) is 4.79 Å². The van der Waals surface area contributed by atoms with Crippen LogP contribution in [0.2, 0.25) is 0 Å². The number of amides is 1. The Labute approximate surface area is 106 Å². The minimum Gasteiger partial charge on any atom is -0.451 e. The molecule has 0 saturated heterocycles. The molecule has 2 rings (SSSR count). The van der Waals surface area contributed by atoms with Crippen LogP contribution in [0, 0.1) is 6.92 Å². The fraction of sp³-hybridized carbons (Fsp3) is 0.357. The minimum absolute atomic E-state index is 0.153. The maximum atomic E-state index is 11.8. The zero-order chi connectivity index (χ0) is 13.0. The van der Waals surface area contributed by atoms with Crippen molar-refractivity contribution in [2.75, 3.05) is 20.1 Å². The first-order valence-corrected chi connectivity index (χ1v) is 6.13. The molecule has 18 heavy (non-hydrogen) atoms. The summed E-state index contributed by atoms with van der Waals surface area (Å²) in [7, 11) is 1.89. The van der Waals surface area contributed by atoms with Crippen LogP contribution in [0.1, 0.15) is 22.5 Å². The van der Waals surface area contributed by atoms with Crippen molar-refractivity contribution < 1.29 is 9.21 Å². The highest BCUT2D eigenvalue weighted by molar-refractivity contribution is 5.96. The van der Waals surface area contributed by atoms with Crippen molar-refractivity contribution in [1.29, 1.82) is 0 Å². The van der Waals surface area contributed by atoms with E-state index in [1.54, 1.807) is 6.07 Å². The lowest BCUT2D eigenvalue weighted by Crippen LogP contribution is -2.26. The van der Waals surface area contributed by atoms with Gasteiger partial charge in [0.1, 0.15) is 5.58 Å². The number of carbonyl (C=O) groups is 1. The van der Waals surface area contributed by atoms with Crippen LogP contribution in [0.4, 0.5) is 0 Å². The minimum atomic E-state index is -0.153. The van der Waals surface area contributed by atoms with Gasteiger partial charge in [-0.25, -0.2) is 0 Å². The molecular formula is C14H18N2O2. The predicted molar refractivity (Wildman–Crippen MR) is 71.8 cm³/mol. The van der Waals surface area contributed by atoms with Crippen molar-refractivity contribution >= 4 is 16.9 Å². The molecule has 1 aromatic carbocycles. The average molecular weight is 246 g/mol. The van der Waals surface area contributed by atoms with Gasteiger partial charge in [0.15, 0.2) is 5.76 Å². The number of furan rings is 1. The van der Waals surface area contributed by atoms with Crippen LogP contribution >= 0.6 is 0 Å². The second-order valence-corrected chi connectivity index (χ2v) is 4.36. The number of fused-ring (bicyclic) bond motifs is 1. The average Bonchev–Trinajstić information content (AvgIpc) is 2.77. The zero-order valence-corrected chi connectivity index (χ0v) is 10.7. The van der Waals surface area contributed by atoms with E-state index >= 15 is 0 Å². The SMILES string of the molecule is CNCCCNC(=O)c1cc2cc(C)ccc2o1. The van der Waals surface area contributed by atoms with E-state index in [0.29, 0.717) is 12.3 Å². The first kappa shape index (κ1) is 12.6. The Balaban J connectivity index is 2.04. The van der Waals surface area contributed by atoms with E-state index in [-0.39, 0.29) is 5.91 Å². The predicted octanol–water partition coefficient (Wildman–Crippen LogP) is 2.08. The molecule has 2 N–H and O–H groups in total. The summed E-state index contributed by atoms with van der Waals surface area (Å²) >= 11 is 0. The monoisotopic (exact) mass is 246 g/mol. The van der Waals surface area contributed by atoms with E-state index in [9.17, 15) is 4.79 Å². The molecule has 0 saturated carbocycles. The Bertz CT molecular complexity index is 546. The van der Waals surface area contributed by atoms with Gasteiger partial charge in [0.2, 0.25) is 0 Å². The number of benzene rings is 1. The summed E-state index contributed by atoms with van der Waals surface area (Å²) in [6, 6.07) is 7.66. The molecule has 0 aliphatic rings. The van der Waals surface area contributed by atoms with Crippen LogP contribution in [0.15, 0.2) is 28.7 Å². The molecular weight excluding hydrogens is 228 g/mol. The van der Waals surface area contributed by atoms with E-state index in [1.807, 2.05) is 32.2 Å². The normalized spacial score (nSPS) is 10.8. The Morgan fingerprint density at radius 2 is 2.11 bits per heavy atom. The highest BCUT2D eigenvalue weighted by Gasteiger charge is 2.11. The standard InChI is InChI=1S/C14H18N2O2/c1-10-4-5-12-11(8-10)9-13(18-12)14(17)16-7-3-6-15-2/h4-5,8-9,15H,3,6-7H2,1-2H3,(H,16,17). The summed E-state index contributed by atoms with van der Waals surface area (Å²) in [6.07, 6.45) is 0.904. The number of rotatable bonds is 5. The lowest BCUT2D eigenvalue weighted by atomic mass is 10.2. The van der Waals surface area contributed by atoms with Crippen molar-refractivity contribution in [3.8, 4) is 0 Å². The molecule has 0 unspecified atom stereocenters. The Morgan fingerprint density at radius 3 is 2.89 bits per heavy atom. The fourth-order valence-corrected chi connectivity index (χ4v) is 1.83. The molecule has 0 radical (unpaired) electrons. The van der Waals surface area contributed by atoms with Gasteiger partial charge >= 0.3 is 0 Å². The molecule has 4 heteroatoms. The molecule has 4 nitrogen and oxygen atoms in total. The zero-order valence-electron chi connectivity index (χ0n) is 10.7. The van der Waals surface area contributed by atoms with Gasteiger partial charge in [0, 0.05) is 11.9 Å². The summed E-state index contributed by atoms with van der Waals surface area (Å²) in [5.74, 6) is 0.222. The second kappa shape index (κ2) is 5.69. The number of nitrogens with one attached hydrogen (secondary N) is 2. The largest absolute Gasteiger partial charge is 0.451 e. The summed E-state index contributed by atoms with van der Waals surface area (Å²) < 4.78 is 5.51. The van der Waals surface area contributed by atoms with Crippen molar-refractivity contribution in [1.82, 2.24) is 10.6 Å². The third-order valence-corrected chi connectivity index (χ3v) is 2.78. The van der Waals surface area contributed by atoms with Gasteiger partial charge in [-0.2, -0.15) is 0 Å². The van der Waals surface area contributed by atoms with E-state index in [4.69, 9.17) is 4.42 Å². The molecule has 0 spiro atoms. The van der Waals surface area contributed by atoms with E-state index in [0.717, 1.165) is 29.5 Å². The molecule has 96 valence electrons. The molecule has 2 aromatic rings. The second-order valence-electron chi connectivity index (χ2n) is 4.36. The first-order valence-electron chi connectivity index (χ1n) is 6.13.